The zero-order valence-electron chi connectivity index (χ0n) is 39.8. The minimum atomic E-state index is -0.950. The predicted octanol–water partition coefficient (Wildman–Crippen LogP) is 11.1. The summed E-state index contributed by atoms with van der Waals surface area (Å²) in [6, 6.07) is 38.8. The van der Waals surface area contributed by atoms with Gasteiger partial charge in [0.05, 0.1) is 26.5 Å². The van der Waals surface area contributed by atoms with E-state index >= 15 is 0 Å². The number of benzene rings is 6. The van der Waals surface area contributed by atoms with E-state index in [1.54, 1.807) is 26.0 Å². The van der Waals surface area contributed by atoms with Crippen LogP contribution in [-0.2, 0) is 20.5 Å². The normalized spacial score (nSPS) is 18.0. The zero-order valence-corrected chi connectivity index (χ0v) is 39.8. The summed E-state index contributed by atoms with van der Waals surface area (Å²) in [5.74, 6) is 2.08. The number of amides is 2. The largest absolute Gasteiger partial charge is 0.496 e. The summed E-state index contributed by atoms with van der Waals surface area (Å²) < 4.78 is 25.0. The number of carbonyl (C=O) groups is 2. The van der Waals surface area contributed by atoms with Gasteiger partial charge >= 0.3 is 12.0 Å². The van der Waals surface area contributed by atoms with E-state index in [0.717, 1.165) is 93.1 Å². The molecule has 6 aromatic rings. The maximum absolute atomic E-state index is 13.0. The number of fused-ring (bicyclic) bond motifs is 8. The molecule has 1 unspecified atom stereocenters. The fraction of sp³-hybridized carbons (Fsp3) is 0.310. The Labute approximate surface area is 399 Å². The Balaban J connectivity index is 1.03. The Morgan fingerprint density at radius 2 is 1.44 bits per heavy atom. The van der Waals surface area contributed by atoms with Crippen LogP contribution in [0.3, 0.4) is 0 Å². The highest BCUT2D eigenvalue weighted by molar-refractivity contribution is 6.10. The molecule has 4 aliphatic rings. The van der Waals surface area contributed by atoms with Crippen LogP contribution in [0.25, 0.3) is 39.1 Å². The molecule has 0 saturated carbocycles. The van der Waals surface area contributed by atoms with E-state index in [4.69, 9.17) is 18.9 Å². The summed E-state index contributed by atoms with van der Waals surface area (Å²) >= 11 is 0. The second-order valence-electron chi connectivity index (χ2n) is 18.9. The monoisotopic (exact) mass is 908 g/mol. The molecule has 68 heavy (non-hydrogen) atoms. The maximum Gasteiger partial charge on any atom is 0.333 e. The molecule has 3 heterocycles. The standard InChI is InChI=1S/C58H60N4O6/c1-38(2)55(63)67-34-27-59-56(64)62-32-30-60(31-33-62)42-22-20-41(21-23-42)58(40-15-9-7-10-16-40)26-25-45-53-52(44-24-19-39(35-48(44)57(53,3)4)43-17-11-12-18-50(43)65-5)46-36-49(61-28-13-8-14-29-61)51(66-6)37-47(46)54(45)68-58/h7,9-12,15-26,35-37H,1,8,13-14,27-34H2,2-6H3,(H,59,64). The van der Waals surface area contributed by atoms with Gasteiger partial charge in [0, 0.05) is 83.6 Å². The first-order chi connectivity index (χ1) is 33.0. The molecule has 10 heteroatoms. The van der Waals surface area contributed by atoms with Crippen molar-refractivity contribution >= 4 is 40.2 Å². The molecular formula is C58H60N4O6. The van der Waals surface area contributed by atoms with Gasteiger partial charge in [0.15, 0.2) is 5.60 Å². The summed E-state index contributed by atoms with van der Waals surface area (Å²) in [7, 11) is 3.52. The smallest absolute Gasteiger partial charge is 0.333 e. The topological polar surface area (TPSA) is 92.8 Å². The van der Waals surface area contributed by atoms with E-state index < -0.39 is 11.6 Å². The van der Waals surface area contributed by atoms with Gasteiger partial charge in [-0.05, 0) is 102 Å². The van der Waals surface area contributed by atoms with E-state index in [-0.39, 0.29) is 24.6 Å². The average Bonchev–Trinajstić information content (AvgIpc) is 3.63. The second-order valence-corrected chi connectivity index (χ2v) is 18.9. The number of nitrogens with one attached hydrogen (secondary N) is 1. The molecule has 0 bridgehead atoms. The average molecular weight is 909 g/mol. The number of para-hydroxylation sites is 1. The lowest BCUT2D eigenvalue weighted by atomic mass is 9.76. The van der Waals surface area contributed by atoms with Crippen molar-refractivity contribution in [2.75, 3.05) is 76.4 Å². The molecule has 2 amide bonds. The predicted molar refractivity (Wildman–Crippen MR) is 272 cm³/mol. The second kappa shape index (κ2) is 18.1. The van der Waals surface area contributed by atoms with Crippen LogP contribution in [0.15, 0.2) is 127 Å². The quantitative estimate of drug-likeness (QED) is 0.0781. The summed E-state index contributed by atoms with van der Waals surface area (Å²) in [4.78, 5) is 31.3. The number of esters is 1. The third-order valence-electron chi connectivity index (χ3n) is 14.4. The van der Waals surface area contributed by atoms with Crippen LogP contribution < -0.4 is 29.3 Å². The fourth-order valence-electron chi connectivity index (χ4n) is 10.9. The fourth-order valence-corrected chi connectivity index (χ4v) is 10.9. The van der Waals surface area contributed by atoms with E-state index in [0.29, 0.717) is 31.8 Å². The van der Waals surface area contributed by atoms with Crippen LogP contribution in [0, 0.1) is 0 Å². The Kier molecular flexibility index (Phi) is 11.9. The van der Waals surface area contributed by atoms with Crippen LogP contribution in [0.4, 0.5) is 16.2 Å². The highest BCUT2D eigenvalue weighted by Crippen LogP contribution is 2.60. The maximum atomic E-state index is 13.0. The number of hydrogen-bond acceptors (Lipinski definition) is 8. The van der Waals surface area contributed by atoms with E-state index in [9.17, 15) is 9.59 Å². The number of nitrogens with zero attached hydrogens (tertiary/aromatic N) is 3. The van der Waals surface area contributed by atoms with Gasteiger partial charge in [0.25, 0.3) is 0 Å². The van der Waals surface area contributed by atoms with Gasteiger partial charge in [0.1, 0.15) is 23.9 Å². The van der Waals surface area contributed by atoms with Crippen molar-refractivity contribution in [3.05, 3.63) is 155 Å². The van der Waals surface area contributed by atoms with E-state index in [1.165, 1.54) is 28.7 Å². The van der Waals surface area contributed by atoms with Gasteiger partial charge in [0.2, 0.25) is 0 Å². The SMILES string of the molecule is C=C(C)C(=O)OCCNC(=O)N1CCN(c2ccc(C3(c4ccccc4)C=Cc4c5c(c6cc(N7CCCCC7)c(OC)cc6c4O3)-c3ccc(-c4ccccc4OC)cc3C5(C)C)cc2)CC1. The first kappa shape index (κ1) is 44.6. The number of piperidine rings is 1. The summed E-state index contributed by atoms with van der Waals surface area (Å²) in [5.41, 5.74) is 11.5. The number of piperazine rings is 1. The third kappa shape index (κ3) is 7.79. The van der Waals surface area contributed by atoms with E-state index in [1.807, 2.05) is 18.2 Å². The van der Waals surface area contributed by atoms with Crippen LogP contribution in [-0.4, -0.2) is 83.5 Å². The van der Waals surface area contributed by atoms with Gasteiger partial charge in [-0.1, -0.05) is 99.3 Å². The molecule has 348 valence electrons. The number of anilines is 2. The number of ether oxygens (including phenoxy) is 4. The van der Waals surface area contributed by atoms with Crippen molar-refractivity contribution < 1.29 is 28.5 Å². The van der Waals surface area contributed by atoms with Gasteiger partial charge in [-0.15, -0.1) is 0 Å². The van der Waals surface area contributed by atoms with Gasteiger partial charge in [-0.3, -0.25) is 0 Å². The molecule has 10 rings (SSSR count). The van der Waals surface area contributed by atoms with Crippen LogP contribution in [0.1, 0.15) is 67.9 Å². The number of rotatable bonds is 11. The molecule has 0 spiro atoms. The zero-order chi connectivity index (χ0) is 47.2. The van der Waals surface area contributed by atoms with Crippen molar-refractivity contribution in [2.24, 2.45) is 0 Å². The molecule has 2 saturated heterocycles. The Bertz CT molecular complexity index is 2950. The summed E-state index contributed by atoms with van der Waals surface area (Å²) in [6.07, 6.45) is 8.11. The van der Waals surface area contributed by atoms with Gasteiger partial charge < -0.3 is 39.0 Å². The molecule has 6 aromatic carbocycles. The molecule has 0 radical (unpaired) electrons. The number of urea groups is 1. The van der Waals surface area contributed by atoms with Crippen molar-refractivity contribution in [1.82, 2.24) is 10.2 Å². The van der Waals surface area contributed by atoms with Gasteiger partial charge in [-0.2, -0.15) is 0 Å². The first-order valence-corrected chi connectivity index (χ1v) is 23.9. The summed E-state index contributed by atoms with van der Waals surface area (Å²) in [6.45, 7) is 14.7. The van der Waals surface area contributed by atoms with Crippen molar-refractivity contribution in [3.63, 3.8) is 0 Å². The lowest BCUT2D eigenvalue weighted by Crippen LogP contribution is -2.52. The molecule has 10 nitrogen and oxygen atoms in total. The highest BCUT2D eigenvalue weighted by Gasteiger charge is 2.45. The van der Waals surface area contributed by atoms with E-state index in [2.05, 4.69) is 139 Å². The molecular weight excluding hydrogens is 849 g/mol. The molecule has 1 atom stereocenters. The Morgan fingerprint density at radius 1 is 0.735 bits per heavy atom. The molecule has 2 fully saturated rings. The number of hydrogen-bond donors (Lipinski definition) is 1. The van der Waals surface area contributed by atoms with Crippen molar-refractivity contribution in [2.45, 2.75) is 51.0 Å². The van der Waals surface area contributed by atoms with Crippen LogP contribution in [0.2, 0.25) is 0 Å². The lowest BCUT2D eigenvalue weighted by Gasteiger charge is -2.39. The van der Waals surface area contributed by atoms with Crippen molar-refractivity contribution in [1.29, 1.82) is 0 Å². The Morgan fingerprint density at radius 3 is 2.16 bits per heavy atom. The number of carbonyl (C=O) groups excluding carboxylic acids is 2. The molecule has 1 N–H and O–H groups in total. The summed E-state index contributed by atoms with van der Waals surface area (Å²) in [5, 5.41) is 5.04. The third-order valence-corrected chi connectivity index (χ3v) is 14.4. The minimum absolute atomic E-state index is 0.101. The molecule has 1 aliphatic carbocycles. The molecule has 0 aromatic heterocycles. The van der Waals surface area contributed by atoms with Crippen LogP contribution in [0.5, 0.6) is 17.2 Å². The Hall–Kier alpha value is -7.20. The van der Waals surface area contributed by atoms with Gasteiger partial charge in [-0.25, -0.2) is 9.59 Å². The first-order valence-electron chi connectivity index (χ1n) is 23.9. The van der Waals surface area contributed by atoms with Crippen molar-refractivity contribution in [3.8, 4) is 39.5 Å². The molecule has 3 aliphatic heterocycles. The highest BCUT2D eigenvalue weighted by atomic mass is 16.5. The minimum Gasteiger partial charge on any atom is -0.496 e. The lowest BCUT2D eigenvalue weighted by molar-refractivity contribution is -0.138. The number of methoxy groups -OCH3 is 2. The van der Waals surface area contributed by atoms with Crippen LogP contribution >= 0.6 is 0 Å².